The van der Waals surface area contributed by atoms with E-state index in [1.165, 1.54) is 32.1 Å². The molecule has 0 unspecified atom stereocenters. The Bertz CT molecular complexity index is 136. The van der Waals surface area contributed by atoms with Crippen molar-refractivity contribution in [1.29, 1.82) is 0 Å². The van der Waals surface area contributed by atoms with E-state index in [1.807, 2.05) is 0 Å². The van der Waals surface area contributed by atoms with Gasteiger partial charge in [0.1, 0.15) is 0 Å². The lowest BCUT2D eigenvalue weighted by molar-refractivity contribution is 0.419. The molecule has 0 radical (unpaired) electrons. The summed E-state index contributed by atoms with van der Waals surface area (Å²) in [5, 5.41) is 0. The molecule has 0 atom stereocenters. The fourth-order valence-corrected chi connectivity index (χ4v) is 1.66. The average molecular weight is 150 g/mol. The van der Waals surface area contributed by atoms with Gasteiger partial charge < -0.3 is 0 Å². The quantitative estimate of drug-likeness (QED) is 0.526. The largest absolute Gasteiger partial charge is 0.0877 e. The summed E-state index contributed by atoms with van der Waals surface area (Å²) in [7, 11) is 0. The first-order valence-electron chi connectivity index (χ1n) is 4.73. The second kappa shape index (κ2) is 5.17. The topological polar surface area (TPSA) is 0 Å². The minimum absolute atomic E-state index is 0.875. The Morgan fingerprint density at radius 1 is 1.00 bits per heavy atom. The van der Waals surface area contributed by atoms with Gasteiger partial charge in [0, 0.05) is 0 Å². The minimum atomic E-state index is 0.875. The van der Waals surface area contributed by atoms with Crippen LogP contribution in [0.15, 0.2) is 24.3 Å². The maximum Gasteiger partial charge on any atom is -0.0230 e. The van der Waals surface area contributed by atoms with Crippen LogP contribution in [0.2, 0.25) is 0 Å². The lowest BCUT2D eigenvalue weighted by Crippen LogP contribution is -2.02. The zero-order valence-corrected chi connectivity index (χ0v) is 7.42. The van der Waals surface area contributed by atoms with E-state index in [0.29, 0.717) is 0 Å². The maximum absolute atomic E-state index is 2.36. The van der Waals surface area contributed by atoms with Gasteiger partial charge in [-0.15, -0.1) is 0 Å². The van der Waals surface area contributed by atoms with Gasteiger partial charge in [-0.25, -0.2) is 0 Å². The molecule has 0 heteroatoms. The second-order valence-corrected chi connectivity index (χ2v) is 3.31. The Labute approximate surface area is 70.0 Å². The molecule has 0 aromatic carbocycles. The minimum Gasteiger partial charge on any atom is -0.0877 e. The first-order chi connectivity index (χ1) is 5.43. The summed E-state index contributed by atoms with van der Waals surface area (Å²) < 4.78 is 0. The summed E-state index contributed by atoms with van der Waals surface area (Å²) >= 11 is 0. The van der Waals surface area contributed by atoms with Gasteiger partial charge in [-0.3, -0.25) is 0 Å². The number of rotatable bonds is 2. The molecule has 0 heterocycles. The Balaban J connectivity index is 2.23. The Kier molecular flexibility index (Phi) is 4.03. The summed E-state index contributed by atoms with van der Waals surface area (Å²) in [6.07, 6.45) is 15.9. The van der Waals surface area contributed by atoms with Crippen LogP contribution in [0.1, 0.15) is 39.0 Å². The van der Waals surface area contributed by atoms with Gasteiger partial charge in [0.05, 0.1) is 0 Å². The van der Waals surface area contributed by atoms with Crippen molar-refractivity contribution in [3.8, 4) is 0 Å². The molecule has 0 spiro atoms. The van der Waals surface area contributed by atoms with Crippen LogP contribution < -0.4 is 0 Å². The van der Waals surface area contributed by atoms with Crippen molar-refractivity contribution >= 4 is 0 Å². The zero-order valence-electron chi connectivity index (χ0n) is 7.42. The van der Waals surface area contributed by atoms with Gasteiger partial charge in [-0.2, -0.15) is 0 Å². The standard InChI is InChI=1S/C11H18/c1-2-3-5-8-11-9-6-4-7-10-11/h2-3,5,8,11H,4,6-7,9-10H2,1H3/b3-2-,8-5-. The van der Waals surface area contributed by atoms with Gasteiger partial charge in [0.25, 0.3) is 0 Å². The Morgan fingerprint density at radius 3 is 2.36 bits per heavy atom. The molecule has 1 aliphatic carbocycles. The van der Waals surface area contributed by atoms with E-state index in [9.17, 15) is 0 Å². The van der Waals surface area contributed by atoms with Crippen molar-refractivity contribution in [2.45, 2.75) is 39.0 Å². The monoisotopic (exact) mass is 150 g/mol. The highest BCUT2D eigenvalue weighted by atomic mass is 14.1. The summed E-state index contributed by atoms with van der Waals surface area (Å²) in [5.41, 5.74) is 0. The van der Waals surface area contributed by atoms with Crippen LogP contribution >= 0.6 is 0 Å². The lowest BCUT2D eigenvalue weighted by Gasteiger charge is -2.17. The van der Waals surface area contributed by atoms with Gasteiger partial charge in [-0.1, -0.05) is 43.6 Å². The summed E-state index contributed by atoms with van der Waals surface area (Å²) in [5.74, 6) is 0.875. The fourth-order valence-electron chi connectivity index (χ4n) is 1.66. The molecular weight excluding hydrogens is 132 g/mol. The highest BCUT2D eigenvalue weighted by Gasteiger charge is 2.08. The van der Waals surface area contributed by atoms with E-state index in [0.717, 1.165) is 5.92 Å². The van der Waals surface area contributed by atoms with Crippen molar-refractivity contribution in [1.82, 2.24) is 0 Å². The molecule has 0 N–H and O–H groups in total. The SMILES string of the molecule is C/C=C\C=C/C1CCCCC1. The molecule has 1 saturated carbocycles. The van der Waals surface area contributed by atoms with Crippen LogP contribution in [-0.2, 0) is 0 Å². The van der Waals surface area contributed by atoms with E-state index in [1.54, 1.807) is 0 Å². The van der Waals surface area contributed by atoms with E-state index in [4.69, 9.17) is 0 Å². The Hall–Kier alpha value is -0.520. The van der Waals surface area contributed by atoms with Gasteiger partial charge in [0.2, 0.25) is 0 Å². The zero-order chi connectivity index (χ0) is 7.94. The predicted octanol–water partition coefficient (Wildman–Crippen LogP) is 3.70. The van der Waals surface area contributed by atoms with Crippen LogP contribution in [0.5, 0.6) is 0 Å². The van der Waals surface area contributed by atoms with Crippen molar-refractivity contribution in [2.24, 2.45) is 5.92 Å². The van der Waals surface area contributed by atoms with Crippen LogP contribution in [0.3, 0.4) is 0 Å². The molecule has 0 amide bonds. The molecule has 0 nitrogen and oxygen atoms in total. The van der Waals surface area contributed by atoms with E-state index < -0.39 is 0 Å². The molecule has 11 heavy (non-hydrogen) atoms. The van der Waals surface area contributed by atoms with Crippen molar-refractivity contribution in [2.75, 3.05) is 0 Å². The van der Waals surface area contributed by atoms with Crippen LogP contribution in [0, 0.1) is 5.92 Å². The lowest BCUT2D eigenvalue weighted by atomic mass is 9.89. The maximum atomic E-state index is 2.36. The highest BCUT2D eigenvalue weighted by Crippen LogP contribution is 2.24. The molecule has 0 aromatic rings. The van der Waals surface area contributed by atoms with E-state index in [2.05, 4.69) is 31.2 Å². The molecule has 1 fully saturated rings. The Morgan fingerprint density at radius 2 is 1.73 bits per heavy atom. The van der Waals surface area contributed by atoms with Crippen molar-refractivity contribution < 1.29 is 0 Å². The van der Waals surface area contributed by atoms with Crippen LogP contribution in [0.25, 0.3) is 0 Å². The molecule has 0 aromatic heterocycles. The molecular formula is C11H18. The van der Waals surface area contributed by atoms with Crippen LogP contribution in [-0.4, -0.2) is 0 Å². The van der Waals surface area contributed by atoms with Crippen LogP contribution in [0.4, 0.5) is 0 Å². The molecule has 62 valence electrons. The summed E-state index contributed by atoms with van der Waals surface area (Å²) in [6.45, 7) is 2.06. The van der Waals surface area contributed by atoms with Gasteiger partial charge >= 0.3 is 0 Å². The molecule has 0 bridgehead atoms. The average Bonchev–Trinajstić information content (AvgIpc) is 2.07. The van der Waals surface area contributed by atoms with Gasteiger partial charge in [-0.05, 0) is 25.7 Å². The molecule has 0 aliphatic heterocycles. The second-order valence-electron chi connectivity index (χ2n) is 3.31. The van der Waals surface area contributed by atoms with Crippen molar-refractivity contribution in [3.05, 3.63) is 24.3 Å². The van der Waals surface area contributed by atoms with E-state index in [-0.39, 0.29) is 0 Å². The third kappa shape index (κ3) is 3.41. The third-order valence-electron chi connectivity index (χ3n) is 2.34. The number of allylic oxidation sites excluding steroid dienone is 4. The summed E-state index contributed by atoms with van der Waals surface area (Å²) in [4.78, 5) is 0. The van der Waals surface area contributed by atoms with Crippen molar-refractivity contribution in [3.63, 3.8) is 0 Å². The number of hydrogen-bond donors (Lipinski definition) is 0. The molecule has 0 saturated heterocycles. The summed E-state index contributed by atoms with van der Waals surface area (Å²) in [6, 6.07) is 0. The first-order valence-corrected chi connectivity index (χ1v) is 4.73. The number of hydrogen-bond acceptors (Lipinski definition) is 0. The first kappa shape index (κ1) is 8.58. The smallest absolute Gasteiger partial charge is 0.0230 e. The van der Waals surface area contributed by atoms with Gasteiger partial charge in [0.15, 0.2) is 0 Å². The molecule has 1 aliphatic rings. The normalized spacial score (nSPS) is 21.9. The fraction of sp³-hybridized carbons (Fsp3) is 0.636. The third-order valence-corrected chi connectivity index (χ3v) is 2.34. The molecule has 1 rings (SSSR count). The highest BCUT2D eigenvalue weighted by molar-refractivity contribution is 5.03. The van der Waals surface area contributed by atoms with E-state index >= 15 is 0 Å². The predicted molar refractivity (Wildman–Crippen MR) is 50.5 cm³/mol.